The number of nitrogens with zero attached hydrogens (tertiary/aromatic N) is 1. The van der Waals surface area contributed by atoms with Gasteiger partial charge in [-0.2, -0.15) is 0 Å². The molecule has 1 aliphatic carbocycles. The lowest BCUT2D eigenvalue weighted by atomic mass is 9.83. The number of carbonyl (C=O) groups excluding carboxylic acids is 2. The third-order valence-electron chi connectivity index (χ3n) is 4.77. The molecule has 0 aliphatic heterocycles. The number of hydrogen-bond acceptors (Lipinski definition) is 4. The molecule has 2 aromatic rings. The van der Waals surface area contributed by atoms with E-state index in [1.165, 1.54) is 35.4 Å². The molecular weight excluding hydrogens is 346 g/mol. The fourth-order valence-corrected chi connectivity index (χ4v) is 3.39. The molecule has 0 fully saturated rings. The Morgan fingerprint density at radius 2 is 1.93 bits per heavy atom. The summed E-state index contributed by atoms with van der Waals surface area (Å²) in [7, 11) is 0. The maximum Gasteiger partial charge on any atom is 0.270 e. The number of benzene rings is 2. The molecule has 0 radical (unpaired) electrons. The van der Waals surface area contributed by atoms with Crippen LogP contribution in [0.4, 0.5) is 5.69 Å². The van der Waals surface area contributed by atoms with Gasteiger partial charge in [0.25, 0.3) is 11.6 Å². The molecule has 2 N–H and O–H groups in total. The highest BCUT2D eigenvalue weighted by molar-refractivity contribution is 5.96. The average molecular weight is 367 g/mol. The van der Waals surface area contributed by atoms with Crippen molar-refractivity contribution in [3.63, 3.8) is 0 Å². The number of aryl methyl sites for hydroxylation is 1. The maximum atomic E-state index is 12.1. The van der Waals surface area contributed by atoms with E-state index in [-0.39, 0.29) is 29.6 Å². The number of nitro benzene ring substituents is 1. The van der Waals surface area contributed by atoms with Crippen LogP contribution in [0.15, 0.2) is 48.5 Å². The Kier molecular flexibility index (Phi) is 5.80. The number of carbonyl (C=O) groups is 2. The molecule has 2 amide bonds. The highest BCUT2D eigenvalue weighted by Crippen LogP contribution is 2.30. The highest BCUT2D eigenvalue weighted by Gasteiger charge is 2.20. The van der Waals surface area contributed by atoms with Crippen LogP contribution < -0.4 is 10.6 Å². The number of hydrogen-bond donors (Lipinski definition) is 2. The predicted molar refractivity (Wildman–Crippen MR) is 101 cm³/mol. The van der Waals surface area contributed by atoms with Crippen LogP contribution in [0.2, 0.25) is 0 Å². The molecular formula is C20H21N3O4. The topological polar surface area (TPSA) is 101 Å². The number of nitro groups is 1. The lowest BCUT2D eigenvalue weighted by molar-refractivity contribution is -0.384. The third-order valence-corrected chi connectivity index (χ3v) is 4.77. The van der Waals surface area contributed by atoms with Gasteiger partial charge in [-0.1, -0.05) is 30.3 Å². The Morgan fingerprint density at radius 3 is 2.74 bits per heavy atom. The molecule has 1 atom stereocenters. The molecule has 0 bridgehead atoms. The Morgan fingerprint density at radius 1 is 1.11 bits per heavy atom. The van der Waals surface area contributed by atoms with Gasteiger partial charge in [0.15, 0.2) is 0 Å². The van der Waals surface area contributed by atoms with Crippen LogP contribution in [0.25, 0.3) is 0 Å². The van der Waals surface area contributed by atoms with Crippen molar-refractivity contribution in [1.82, 2.24) is 10.6 Å². The van der Waals surface area contributed by atoms with Crippen LogP contribution in [0.5, 0.6) is 0 Å². The van der Waals surface area contributed by atoms with Gasteiger partial charge in [-0.3, -0.25) is 19.7 Å². The van der Waals surface area contributed by atoms with Crippen LogP contribution >= 0.6 is 0 Å². The van der Waals surface area contributed by atoms with E-state index in [9.17, 15) is 19.7 Å². The van der Waals surface area contributed by atoms with E-state index in [0.717, 1.165) is 19.3 Å². The minimum atomic E-state index is -0.564. The van der Waals surface area contributed by atoms with Gasteiger partial charge in [0.05, 0.1) is 11.5 Å². The molecule has 7 nitrogen and oxygen atoms in total. The van der Waals surface area contributed by atoms with Crippen LogP contribution in [-0.2, 0) is 11.2 Å². The molecule has 1 unspecified atom stereocenters. The van der Waals surface area contributed by atoms with Crippen LogP contribution in [0.3, 0.4) is 0 Å². The fraction of sp³-hybridized carbons (Fsp3) is 0.300. The maximum absolute atomic E-state index is 12.1. The molecule has 0 heterocycles. The first kappa shape index (κ1) is 18.6. The van der Waals surface area contributed by atoms with Gasteiger partial charge in [-0.25, -0.2) is 0 Å². The molecule has 0 aromatic heterocycles. The summed E-state index contributed by atoms with van der Waals surface area (Å²) in [5.41, 5.74) is 2.60. The summed E-state index contributed by atoms with van der Waals surface area (Å²) in [6.45, 7) is 0.360. The zero-order valence-electron chi connectivity index (χ0n) is 14.8. The van der Waals surface area contributed by atoms with Crippen molar-refractivity contribution >= 4 is 17.5 Å². The minimum Gasteiger partial charge on any atom is -0.354 e. The van der Waals surface area contributed by atoms with Gasteiger partial charge >= 0.3 is 0 Å². The molecule has 0 spiro atoms. The summed E-state index contributed by atoms with van der Waals surface area (Å²) in [6, 6.07) is 13.7. The second-order valence-corrected chi connectivity index (χ2v) is 6.58. The molecule has 140 valence electrons. The average Bonchev–Trinajstić information content (AvgIpc) is 2.70. The first-order valence-corrected chi connectivity index (χ1v) is 8.92. The lowest BCUT2D eigenvalue weighted by Crippen LogP contribution is -2.39. The minimum absolute atomic E-state index is 0.151. The van der Waals surface area contributed by atoms with E-state index >= 15 is 0 Å². The second kappa shape index (κ2) is 8.44. The molecule has 0 saturated carbocycles. The number of fused-ring (bicyclic) bond motifs is 1. The lowest BCUT2D eigenvalue weighted by Gasteiger charge is -2.25. The number of non-ortho nitro benzene ring substituents is 1. The van der Waals surface area contributed by atoms with E-state index < -0.39 is 10.8 Å². The van der Waals surface area contributed by atoms with E-state index in [0.29, 0.717) is 6.54 Å². The van der Waals surface area contributed by atoms with E-state index in [1.54, 1.807) is 0 Å². The monoisotopic (exact) mass is 367 g/mol. The Hall–Kier alpha value is -3.22. The molecule has 3 rings (SSSR count). The largest absolute Gasteiger partial charge is 0.354 e. The first-order valence-electron chi connectivity index (χ1n) is 8.92. The van der Waals surface area contributed by atoms with Crippen LogP contribution in [0.1, 0.15) is 40.2 Å². The zero-order valence-corrected chi connectivity index (χ0v) is 14.8. The number of amides is 2. The highest BCUT2D eigenvalue weighted by atomic mass is 16.6. The molecule has 27 heavy (non-hydrogen) atoms. The number of rotatable bonds is 6. The van der Waals surface area contributed by atoms with Crippen LogP contribution in [0, 0.1) is 10.1 Å². The first-order chi connectivity index (χ1) is 13.0. The van der Waals surface area contributed by atoms with Crippen molar-refractivity contribution in [3.8, 4) is 0 Å². The number of nitrogens with one attached hydrogen (secondary N) is 2. The van der Waals surface area contributed by atoms with Gasteiger partial charge in [-0.15, -0.1) is 0 Å². The molecule has 1 aliphatic rings. The summed E-state index contributed by atoms with van der Waals surface area (Å²) in [6.07, 6.45) is 3.19. The van der Waals surface area contributed by atoms with Crippen LogP contribution in [-0.4, -0.2) is 29.8 Å². The van der Waals surface area contributed by atoms with Crippen molar-refractivity contribution in [2.45, 2.75) is 25.2 Å². The Balaban J connectivity index is 1.50. The van der Waals surface area contributed by atoms with E-state index in [2.05, 4.69) is 22.8 Å². The van der Waals surface area contributed by atoms with E-state index in [4.69, 9.17) is 0 Å². The van der Waals surface area contributed by atoms with Crippen molar-refractivity contribution in [1.29, 1.82) is 0 Å². The predicted octanol–water partition coefficient (Wildman–Crippen LogP) is 2.56. The summed E-state index contributed by atoms with van der Waals surface area (Å²) in [5.74, 6) is -0.514. The smallest absolute Gasteiger partial charge is 0.270 e. The normalized spacial score (nSPS) is 15.5. The summed E-state index contributed by atoms with van der Waals surface area (Å²) < 4.78 is 0. The van der Waals surface area contributed by atoms with Gasteiger partial charge < -0.3 is 10.6 Å². The van der Waals surface area contributed by atoms with Crippen molar-refractivity contribution in [2.24, 2.45) is 0 Å². The van der Waals surface area contributed by atoms with Crippen molar-refractivity contribution in [3.05, 3.63) is 75.3 Å². The molecule has 7 heteroatoms. The standard InChI is InChI=1S/C20H21N3O4/c24-19(13-22-20(25)15-7-4-9-17(11-15)23(26)27)21-12-16-8-3-6-14-5-1-2-10-18(14)16/h1-2,4-5,7,9-11,16H,3,6,8,12-13H2,(H,21,24)(H,22,25). The molecule has 2 aromatic carbocycles. The zero-order chi connectivity index (χ0) is 19.2. The molecule has 0 saturated heterocycles. The summed E-state index contributed by atoms with van der Waals surface area (Å²) >= 11 is 0. The summed E-state index contributed by atoms with van der Waals surface area (Å²) in [5, 5.41) is 16.1. The Labute approximate surface area is 156 Å². The van der Waals surface area contributed by atoms with Gasteiger partial charge in [0.2, 0.25) is 5.91 Å². The quantitative estimate of drug-likeness (QED) is 0.605. The van der Waals surface area contributed by atoms with Crippen molar-refractivity contribution in [2.75, 3.05) is 13.1 Å². The SMILES string of the molecule is O=C(CNC(=O)c1cccc([N+](=O)[O-])c1)NCC1CCCc2ccccc21. The Bertz CT molecular complexity index is 866. The van der Waals surface area contributed by atoms with Gasteiger partial charge in [0, 0.05) is 30.2 Å². The van der Waals surface area contributed by atoms with E-state index in [1.807, 2.05) is 12.1 Å². The fourth-order valence-electron chi connectivity index (χ4n) is 3.39. The summed E-state index contributed by atoms with van der Waals surface area (Å²) in [4.78, 5) is 34.4. The third kappa shape index (κ3) is 4.69. The van der Waals surface area contributed by atoms with Crippen molar-refractivity contribution < 1.29 is 14.5 Å². The second-order valence-electron chi connectivity index (χ2n) is 6.58. The van der Waals surface area contributed by atoms with Gasteiger partial charge in [-0.05, 0) is 36.5 Å². The van der Waals surface area contributed by atoms with Gasteiger partial charge in [0.1, 0.15) is 0 Å².